The Bertz CT molecular complexity index is 284. The van der Waals surface area contributed by atoms with Crippen LogP contribution >= 0.6 is 0 Å². The maximum absolute atomic E-state index is 12.2. The molecule has 0 aromatic heterocycles. The molecule has 1 atom stereocenters. The van der Waals surface area contributed by atoms with E-state index < -0.39 is 0 Å². The highest BCUT2D eigenvalue weighted by molar-refractivity contribution is 5.88. The van der Waals surface area contributed by atoms with E-state index in [1.165, 1.54) is 12.8 Å². The number of ether oxygens (including phenoxy) is 1. The minimum absolute atomic E-state index is 0.0822. The molecule has 98 valence electrons. The van der Waals surface area contributed by atoms with E-state index in [9.17, 15) is 4.79 Å². The molecule has 0 heterocycles. The summed E-state index contributed by atoms with van der Waals surface area (Å²) >= 11 is 0. The summed E-state index contributed by atoms with van der Waals surface area (Å²) in [6.45, 7) is 6.89. The number of Topliss-reactive ketones (excluding diaryl/α,β-unsaturated/α-hetero) is 1. The molecule has 0 spiro atoms. The van der Waals surface area contributed by atoms with Crippen molar-refractivity contribution in [3.8, 4) is 0 Å². The van der Waals surface area contributed by atoms with Gasteiger partial charge in [-0.05, 0) is 25.7 Å². The molecule has 0 radical (unpaired) electrons. The largest absolute Gasteiger partial charge is 0.383 e. The van der Waals surface area contributed by atoms with E-state index in [0.29, 0.717) is 5.78 Å². The maximum atomic E-state index is 12.2. The SMILES string of the molecule is COCCN(CC1CCC(C)(C)C1=O)C1CC1. The molecule has 0 bridgehead atoms. The minimum Gasteiger partial charge on any atom is -0.383 e. The number of carbonyl (C=O) groups is 1. The molecular formula is C14H25NO2. The van der Waals surface area contributed by atoms with E-state index >= 15 is 0 Å². The van der Waals surface area contributed by atoms with Gasteiger partial charge < -0.3 is 4.74 Å². The van der Waals surface area contributed by atoms with Crippen LogP contribution in [0.5, 0.6) is 0 Å². The maximum Gasteiger partial charge on any atom is 0.142 e. The number of carbonyl (C=O) groups excluding carboxylic acids is 1. The molecule has 0 saturated heterocycles. The van der Waals surface area contributed by atoms with Crippen molar-refractivity contribution in [3.63, 3.8) is 0 Å². The highest BCUT2D eigenvalue weighted by atomic mass is 16.5. The van der Waals surface area contributed by atoms with Crippen molar-refractivity contribution in [3.05, 3.63) is 0 Å². The Labute approximate surface area is 105 Å². The van der Waals surface area contributed by atoms with E-state index in [4.69, 9.17) is 4.74 Å². The summed E-state index contributed by atoms with van der Waals surface area (Å²) in [5.41, 5.74) is -0.0822. The molecule has 0 aromatic rings. The van der Waals surface area contributed by atoms with Crippen LogP contribution in [0.1, 0.15) is 39.5 Å². The lowest BCUT2D eigenvalue weighted by Crippen LogP contribution is -2.37. The molecule has 0 amide bonds. The quantitative estimate of drug-likeness (QED) is 0.711. The highest BCUT2D eigenvalue weighted by Crippen LogP contribution is 2.39. The smallest absolute Gasteiger partial charge is 0.142 e. The second-order valence-corrected chi connectivity index (χ2v) is 6.20. The van der Waals surface area contributed by atoms with E-state index in [1.54, 1.807) is 7.11 Å². The van der Waals surface area contributed by atoms with E-state index in [-0.39, 0.29) is 11.3 Å². The fraction of sp³-hybridized carbons (Fsp3) is 0.929. The fourth-order valence-corrected chi connectivity index (χ4v) is 2.87. The first-order valence-corrected chi connectivity index (χ1v) is 6.82. The summed E-state index contributed by atoms with van der Waals surface area (Å²) in [7, 11) is 1.74. The van der Waals surface area contributed by atoms with Crippen LogP contribution in [0.2, 0.25) is 0 Å². The van der Waals surface area contributed by atoms with Gasteiger partial charge in [0.2, 0.25) is 0 Å². The topological polar surface area (TPSA) is 29.5 Å². The first-order valence-electron chi connectivity index (χ1n) is 6.82. The third kappa shape index (κ3) is 3.08. The van der Waals surface area contributed by atoms with Gasteiger partial charge in [-0.15, -0.1) is 0 Å². The Balaban J connectivity index is 1.88. The Morgan fingerprint density at radius 3 is 2.53 bits per heavy atom. The van der Waals surface area contributed by atoms with E-state index in [1.807, 2.05) is 0 Å². The van der Waals surface area contributed by atoms with E-state index in [2.05, 4.69) is 18.7 Å². The van der Waals surface area contributed by atoms with Gasteiger partial charge in [0.05, 0.1) is 6.61 Å². The first-order chi connectivity index (χ1) is 8.04. The molecule has 3 heteroatoms. The van der Waals surface area contributed by atoms with Crippen molar-refractivity contribution in [2.24, 2.45) is 11.3 Å². The van der Waals surface area contributed by atoms with Crippen LogP contribution in [0.15, 0.2) is 0 Å². The summed E-state index contributed by atoms with van der Waals surface area (Å²) in [5, 5.41) is 0. The minimum atomic E-state index is -0.0822. The van der Waals surface area contributed by atoms with E-state index in [0.717, 1.165) is 38.6 Å². The second-order valence-electron chi connectivity index (χ2n) is 6.20. The summed E-state index contributed by atoms with van der Waals surface area (Å²) < 4.78 is 5.16. The van der Waals surface area contributed by atoms with Gasteiger partial charge in [-0.25, -0.2) is 0 Å². The van der Waals surface area contributed by atoms with Crippen LogP contribution in [-0.2, 0) is 9.53 Å². The Morgan fingerprint density at radius 2 is 2.06 bits per heavy atom. The van der Waals surface area contributed by atoms with Gasteiger partial charge in [-0.2, -0.15) is 0 Å². The summed E-state index contributed by atoms with van der Waals surface area (Å²) in [4.78, 5) is 14.7. The fourth-order valence-electron chi connectivity index (χ4n) is 2.87. The molecule has 2 fully saturated rings. The predicted octanol–water partition coefficient (Wildman–Crippen LogP) is 2.10. The normalized spacial score (nSPS) is 28.0. The van der Waals surface area contributed by atoms with Crippen LogP contribution in [-0.4, -0.2) is 43.5 Å². The van der Waals surface area contributed by atoms with Gasteiger partial charge in [0.25, 0.3) is 0 Å². The average Bonchev–Trinajstić information content (AvgIpc) is 3.08. The zero-order chi connectivity index (χ0) is 12.5. The molecule has 2 saturated carbocycles. The molecule has 3 nitrogen and oxygen atoms in total. The zero-order valence-corrected chi connectivity index (χ0v) is 11.4. The van der Waals surface area contributed by atoms with Crippen LogP contribution in [0.4, 0.5) is 0 Å². The molecule has 0 N–H and O–H groups in total. The van der Waals surface area contributed by atoms with Gasteiger partial charge in [0.1, 0.15) is 5.78 Å². The van der Waals surface area contributed by atoms with Crippen molar-refractivity contribution >= 4 is 5.78 Å². The third-order valence-corrected chi connectivity index (χ3v) is 4.26. The summed E-state index contributed by atoms with van der Waals surface area (Å²) in [5.74, 6) is 0.739. The van der Waals surface area contributed by atoms with Gasteiger partial charge in [-0.3, -0.25) is 9.69 Å². The van der Waals surface area contributed by atoms with Crippen LogP contribution < -0.4 is 0 Å². The van der Waals surface area contributed by atoms with Crippen molar-refractivity contribution in [1.29, 1.82) is 0 Å². The lowest BCUT2D eigenvalue weighted by atomic mass is 9.89. The Hall–Kier alpha value is -0.410. The molecule has 2 aliphatic rings. The predicted molar refractivity (Wildman–Crippen MR) is 68.0 cm³/mol. The molecular weight excluding hydrogens is 214 g/mol. The lowest BCUT2D eigenvalue weighted by Gasteiger charge is -2.25. The number of ketones is 1. The Kier molecular flexibility index (Phi) is 3.88. The van der Waals surface area contributed by atoms with Gasteiger partial charge in [-0.1, -0.05) is 13.8 Å². The monoisotopic (exact) mass is 239 g/mol. The summed E-state index contributed by atoms with van der Waals surface area (Å²) in [6.07, 6.45) is 4.73. The standard InChI is InChI=1S/C14H25NO2/c1-14(2)7-6-11(13(14)16)10-15(8-9-17-3)12-4-5-12/h11-12H,4-10H2,1-3H3. The van der Waals surface area contributed by atoms with Crippen molar-refractivity contribution < 1.29 is 9.53 Å². The van der Waals surface area contributed by atoms with Crippen LogP contribution in [0.25, 0.3) is 0 Å². The third-order valence-electron chi connectivity index (χ3n) is 4.26. The Morgan fingerprint density at radius 1 is 1.35 bits per heavy atom. The van der Waals surface area contributed by atoms with Crippen molar-refractivity contribution in [1.82, 2.24) is 4.90 Å². The van der Waals surface area contributed by atoms with Crippen LogP contribution in [0, 0.1) is 11.3 Å². The van der Waals surface area contributed by atoms with Crippen LogP contribution in [0.3, 0.4) is 0 Å². The highest BCUT2D eigenvalue weighted by Gasteiger charge is 2.42. The molecule has 2 aliphatic carbocycles. The number of nitrogens with zero attached hydrogens (tertiary/aromatic N) is 1. The number of methoxy groups -OCH3 is 1. The molecule has 17 heavy (non-hydrogen) atoms. The molecule has 0 aliphatic heterocycles. The number of hydrogen-bond acceptors (Lipinski definition) is 3. The molecule has 2 rings (SSSR count). The van der Waals surface area contributed by atoms with Gasteiger partial charge in [0.15, 0.2) is 0 Å². The first kappa shape index (κ1) is 13.0. The van der Waals surface area contributed by atoms with Gasteiger partial charge in [0, 0.05) is 37.6 Å². The van der Waals surface area contributed by atoms with Gasteiger partial charge >= 0.3 is 0 Å². The zero-order valence-electron chi connectivity index (χ0n) is 11.4. The average molecular weight is 239 g/mol. The second kappa shape index (κ2) is 5.07. The van der Waals surface area contributed by atoms with Crippen molar-refractivity contribution in [2.45, 2.75) is 45.6 Å². The molecule has 0 aromatic carbocycles. The molecule has 1 unspecified atom stereocenters. The number of rotatable bonds is 6. The van der Waals surface area contributed by atoms with Crippen molar-refractivity contribution in [2.75, 3.05) is 26.8 Å². The lowest BCUT2D eigenvalue weighted by molar-refractivity contribution is -0.128. The number of hydrogen-bond donors (Lipinski definition) is 0. The summed E-state index contributed by atoms with van der Waals surface area (Å²) in [6, 6.07) is 0.724.